The summed E-state index contributed by atoms with van der Waals surface area (Å²) in [5.74, 6) is 0.297. The number of sulfonamides is 1. The number of carbonyl (C=O) groups excluding carboxylic acids is 1. The number of anilines is 2. The van der Waals surface area contributed by atoms with Gasteiger partial charge in [0.05, 0.1) is 19.9 Å². The molecule has 0 aliphatic rings. The van der Waals surface area contributed by atoms with Crippen LogP contribution in [-0.2, 0) is 14.8 Å². The van der Waals surface area contributed by atoms with Crippen LogP contribution in [-0.4, -0.2) is 35.1 Å². The summed E-state index contributed by atoms with van der Waals surface area (Å²) in [6.07, 6.45) is 0. The van der Waals surface area contributed by atoms with E-state index in [0.29, 0.717) is 17.1 Å². The molecule has 0 heterocycles. The molecular formula is C24H26N2O5S. The molecule has 0 atom stereocenters. The Morgan fingerprint density at radius 3 is 2.25 bits per heavy atom. The molecule has 3 aromatic carbocycles. The molecule has 0 unspecified atom stereocenters. The quantitative estimate of drug-likeness (QED) is 0.553. The van der Waals surface area contributed by atoms with E-state index in [4.69, 9.17) is 9.47 Å². The minimum atomic E-state index is -4.11. The number of amides is 1. The van der Waals surface area contributed by atoms with Gasteiger partial charge in [0.15, 0.2) is 0 Å². The lowest BCUT2D eigenvalue weighted by molar-refractivity contribution is -0.114. The minimum absolute atomic E-state index is 0.00486. The maximum Gasteiger partial charge on any atom is 0.268 e. The van der Waals surface area contributed by atoms with E-state index in [1.807, 2.05) is 6.92 Å². The monoisotopic (exact) mass is 454 g/mol. The largest absolute Gasteiger partial charge is 0.497 e. The maximum atomic E-state index is 13.7. The second-order valence-corrected chi connectivity index (χ2v) is 9.11. The number of ether oxygens (including phenoxy) is 2. The predicted molar refractivity (Wildman–Crippen MR) is 125 cm³/mol. The highest BCUT2D eigenvalue weighted by atomic mass is 32.2. The van der Waals surface area contributed by atoms with E-state index in [2.05, 4.69) is 5.32 Å². The SMILES string of the molecule is COc1cccc(NC(=O)CN(c2ccc(C)cc2)S(=O)(=O)c2cc(C)ccc2OC)c1. The van der Waals surface area contributed by atoms with Gasteiger partial charge in [0.1, 0.15) is 22.9 Å². The lowest BCUT2D eigenvalue weighted by Crippen LogP contribution is -2.38. The van der Waals surface area contributed by atoms with Crippen molar-refractivity contribution in [3.8, 4) is 11.5 Å². The summed E-state index contributed by atoms with van der Waals surface area (Å²) in [6.45, 7) is 3.28. The molecule has 0 saturated heterocycles. The van der Waals surface area contributed by atoms with E-state index in [-0.39, 0.29) is 10.6 Å². The molecule has 0 saturated carbocycles. The molecule has 168 valence electrons. The van der Waals surface area contributed by atoms with Gasteiger partial charge in [0.25, 0.3) is 10.0 Å². The molecule has 0 fully saturated rings. The Balaban J connectivity index is 2.00. The predicted octanol–water partition coefficient (Wildman–Crippen LogP) is 4.15. The third kappa shape index (κ3) is 5.20. The Labute approximate surface area is 188 Å². The average Bonchev–Trinajstić information content (AvgIpc) is 2.78. The van der Waals surface area contributed by atoms with Crippen molar-refractivity contribution >= 4 is 27.3 Å². The molecule has 3 aromatic rings. The fourth-order valence-electron chi connectivity index (χ4n) is 3.16. The van der Waals surface area contributed by atoms with Gasteiger partial charge in [-0.3, -0.25) is 9.10 Å². The van der Waals surface area contributed by atoms with Gasteiger partial charge < -0.3 is 14.8 Å². The first kappa shape index (κ1) is 23.1. The summed E-state index contributed by atoms with van der Waals surface area (Å²) in [5, 5.41) is 2.74. The molecule has 0 bridgehead atoms. The standard InChI is InChI=1S/C24H26N2O5S/c1-17-8-11-20(12-9-17)26(16-24(27)25-19-6-5-7-21(15-19)30-3)32(28,29)23-14-18(2)10-13-22(23)31-4/h5-15H,16H2,1-4H3,(H,25,27). The Morgan fingerprint density at radius 2 is 1.59 bits per heavy atom. The zero-order valence-electron chi connectivity index (χ0n) is 18.5. The van der Waals surface area contributed by atoms with Crippen LogP contribution in [0.4, 0.5) is 11.4 Å². The Morgan fingerprint density at radius 1 is 0.906 bits per heavy atom. The molecule has 7 nitrogen and oxygen atoms in total. The van der Waals surface area contributed by atoms with Crippen molar-refractivity contribution in [2.75, 3.05) is 30.4 Å². The van der Waals surface area contributed by atoms with E-state index in [1.165, 1.54) is 20.3 Å². The third-order valence-corrected chi connectivity index (χ3v) is 6.64. The third-order valence-electron chi connectivity index (χ3n) is 4.85. The van der Waals surface area contributed by atoms with Crippen molar-refractivity contribution in [3.63, 3.8) is 0 Å². The lowest BCUT2D eigenvalue weighted by Gasteiger charge is -2.25. The van der Waals surface area contributed by atoms with E-state index >= 15 is 0 Å². The molecule has 0 aliphatic carbocycles. The zero-order chi connectivity index (χ0) is 23.3. The van der Waals surface area contributed by atoms with E-state index in [1.54, 1.807) is 67.6 Å². The van der Waals surface area contributed by atoms with E-state index in [0.717, 1.165) is 15.4 Å². The van der Waals surface area contributed by atoms with Gasteiger partial charge in [-0.25, -0.2) is 8.42 Å². The highest BCUT2D eigenvalue weighted by Gasteiger charge is 2.30. The van der Waals surface area contributed by atoms with Gasteiger partial charge >= 0.3 is 0 Å². The molecule has 0 radical (unpaired) electrons. The molecule has 1 amide bonds. The molecule has 0 spiro atoms. The molecule has 0 aliphatic heterocycles. The van der Waals surface area contributed by atoms with Crippen molar-refractivity contribution in [1.29, 1.82) is 0 Å². The second kappa shape index (κ2) is 9.74. The van der Waals surface area contributed by atoms with Crippen LogP contribution in [0, 0.1) is 13.8 Å². The van der Waals surface area contributed by atoms with Gasteiger partial charge in [0.2, 0.25) is 5.91 Å². The van der Waals surface area contributed by atoms with Crippen molar-refractivity contribution in [2.24, 2.45) is 0 Å². The van der Waals surface area contributed by atoms with Crippen LogP contribution < -0.4 is 19.1 Å². The van der Waals surface area contributed by atoms with Gasteiger partial charge in [-0.1, -0.05) is 29.8 Å². The number of nitrogens with zero attached hydrogens (tertiary/aromatic N) is 1. The Bertz CT molecular complexity index is 1210. The van der Waals surface area contributed by atoms with Crippen molar-refractivity contribution in [1.82, 2.24) is 0 Å². The smallest absolute Gasteiger partial charge is 0.268 e. The fourth-order valence-corrected chi connectivity index (χ4v) is 4.83. The highest BCUT2D eigenvalue weighted by molar-refractivity contribution is 7.93. The number of hydrogen-bond acceptors (Lipinski definition) is 5. The summed E-state index contributed by atoms with van der Waals surface area (Å²) in [6, 6.07) is 18.7. The topological polar surface area (TPSA) is 84.9 Å². The number of benzene rings is 3. The van der Waals surface area contributed by atoms with Crippen molar-refractivity contribution in [2.45, 2.75) is 18.7 Å². The van der Waals surface area contributed by atoms with Crippen LogP contribution >= 0.6 is 0 Å². The van der Waals surface area contributed by atoms with Crippen LogP contribution in [0.2, 0.25) is 0 Å². The molecule has 0 aromatic heterocycles. The van der Waals surface area contributed by atoms with E-state index in [9.17, 15) is 13.2 Å². The number of carbonyl (C=O) groups is 1. The minimum Gasteiger partial charge on any atom is -0.497 e. The maximum absolute atomic E-state index is 13.7. The Kier molecular flexibility index (Phi) is 7.05. The van der Waals surface area contributed by atoms with Crippen molar-refractivity contribution < 1.29 is 22.7 Å². The second-order valence-electron chi connectivity index (χ2n) is 7.28. The molecule has 8 heteroatoms. The van der Waals surface area contributed by atoms with Gasteiger partial charge in [0, 0.05) is 11.8 Å². The van der Waals surface area contributed by atoms with Gasteiger partial charge in [-0.15, -0.1) is 0 Å². The zero-order valence-corrected chi connectivity index (χ0v) is 19.3. The van der Waals surface area contributed by atoms with Crippen LogP contribution in [0.1, 0.15) is 11.1 Å². The summed E-state index contributed by atoms with van der Waals surface area (Å²) in [4.78, 5) is 12.9. The van der Waals surface area contributed by atoms with Gasteiger partial charge in [-0.05, 0) is 55.8 Å². The number of aryl methyl sites for hydroxylation is 2. The van der Waals surface area contributed by atoms with E-state index < -0.39 is 22.5 Å². The summed E-state index contributed by atoms with van der Waals surface area (Å²) < 4.78 is 38.9. The number of methoxy groups -OCH3 is 2. The van der Waals surface area contributed by atoms with Crippen molar-refractivity contribution in [3.05, 3.63) is 77.9 Å². The molecule has 32 heavy (non-hydrogen) atoms. The molecular weight excluding hydrogens is 428 g/mol. The molecule has 3 rings (SSSR count). The summed E-state index contributed by atoms with van der Waals surface area (Å²) in [7, 11) is -1.17. The number of rotatable bonds is 8. The van der Waals surface area contributed by atoms with Crippen LogP contribution in [0.25, 0.3) is 0 Å². The first-order chi connectivity index (χ1) is 15.2. The first-order valence-corrected chi connectivity index (χ1v) is 11.4. The fraction of sp³-hybridized carbons (Fsp3) is 0.208. The number of nitrogens with one attached hydrogen (secondary N) is 1. The van der Waals surface area contributed by atoms with Crippen LogP contribution in [0.3, 0.4) is 0 Å². The number of hydrogen-bond donors (Lipinski definition) is 1. The average molecular weight is 455 g/mol. The van der Waals surface area contributed by atoms with Crippen LogP contribution in [0.5, 0.6) is 11.5 Å². The first-order valence-electron chi connectivity index (χ1n) is 9.92. The van der Waals surface area contributed by atoms with Gasteiger partial charge in [-0.2, -0.15) is 0 Å². The summed E-state index contributed by atoms with van der Waals surface area (Å²) in [5.41, 5.74) is 2.61. The lowest BCUT2D eigenvalue weighted by atomic mass is 10.2. The highest BCUT2D eigenvalue weighted by Crippen LogP contribution is 2.31. The molecule has 1 N–H and O–H groups in total. The Hall–Kier alpha value is -3.52. The van der Waals surface area contributed by atoms with Crippen LogP contribution in [0.15, 0.2) is 71.6 Å². The normalized spacial score (nSPS) is 11.0. The summed E-state index contributed by atoms with van der Waals surface area (Å²) >= 11 is 0.